The predicted molar refractivity (Wildman–Crippen MR) is 83.8 cm³/mol. The van der Waals surface area contributed by atoms with E-state index in [1.54, 1.807) is 7.11 Å². The molecule has 3 nitrogen and oxygen atoms in total. The minimum atomic E-state index is 0.834. The van der Waals surface area contributed by atoms with Gasteiger partial charge in [0.2, 0.25) is 0 Å². The number of rotatable bonds is 6. The highest BCUT2D eigenvalue weighted by molar-refractivity contribution is 5.50. The smallest absolute Gasteiger partial charge is 0.118 e. The summed E-state index contributed by atoms with van der Waals surface area (Å²) < 4.78 is 5.15. The topological polar surface area (TPSA) is 47.3 Å². The highest BCUT2D eigenvalue weighted by Crippen LogP contribution is 2.18. The van der Waals surface area contributed by atoms with Crippen LogP contribution in [0.25, 0.3) is 0 Å². The van der Waals surface area contributed by atoms with Crippen LogP contribution in [0.3, 0.4) is 0 Å². The number of methoxy groups -OCH3 is 1. The molecule has 2 aromatic rings. The van der Waals surface area contributed by atoms with Crippen LogP contribution in [0, 0.1) is 0 Å². The van der Waals surface area contributed by atoms with Gasteiger partial charge in [-0.25, -0.2) is 0 Å². The normalized spacial score (nSPS) is 10.5. The van der Waals surface area contributed by atoms with Crippen LogP contribution in [0.15, 0.2) is 42.5 Å². The summed E-state index contributed by atoms with van der Waals surface area (Å²) in [5, 5.41) is 3.46. The van der Waals surface area contributed by atoms with Crippen LogP contribution in [0.5, 0.6) is 5.75 Å². The molecule has 20 heavy (non-hydrogen) atoms. The lowest BCUT2D eigenvalue weighted by Gasteiger charge is -2.12. The Hall–Kier alpha value is -2.00. The van der Waals surface area contributed by atoms with Gasteiger partial charge in [0, 0.05) is 18.8 Å². The molecule has 0 atom stereocenters. The minimum absolute atomic E-state index is 0.834. The average Bonchev–Trinajstić information content (AvgIpc) is 2.48. The molecule has 0 spiro atoms. The second-order valence-electron chi connectivity index (χ2n) is 4.79. The van der Waals surface area contributed by atoms with Crippen molar-refractivity contribution in [3.05, 3.63) is 59.2 Å². The molecule has 106 valence electrons. The zero-order chi connectivity index (χ0) is 14.4. The highest BCUT2D eigenvalue weighted by atomic mass is 16.5. The van der Waals surface area contributed by atoms with E-state index < -0.39 is 0 Å². The number of hydrogen-bond acceptors (Lipinski definition) is 3. The first-order valence-corrected chi connectivity index (χ1v) is 6.94. The summed E-state index contributed by atoms with van der Waals surface area (Å²) in [6, 6.07) is 14.2. The summed E-state index contributed by atoms with van der Waals surface area (Å²) in [4.78, 5) is 0. The summed E-state index contributed by atoms with van der Waals surface area (Å²) in [6.07, 6.45) is 0.965. The summed E-state index contributed by atoms with van der Waals surface area (Å²) in [6.45, 7) is 3.81. The van der Waals surface area contributed by atoms with E-state index in [9.17, 15) is 0 Å². The molecular formula is C17H22N2O. The Morgan fingerprint density at radius 3 is 2.45 bits per heavy atom. The monoisotopic (exact) mass is 270 g/mol. The standard InChI is InChI=1S/C17H22N2O/c1-3-16-14(5-4-6-17(16)18)12-19-11-13-7-9-15(20-2)10-8-13/h4-10,19H,3,11-12,18H2,1-2H3. The second kappa shape index (κ2) is 6.96. The van der Waals surface area contributed by atoms with E-state index in [-0.39, 0.29) is 0 Å². The van der Waals surface area contributed by atoms with Crippen molar-refractivity contribution in [2.24, 2.45) is 0 Å². The van der Waals surface area contributed by atoms with Gasteiger partial charge in [-0.15, -0.1) is 0 Å². The van der Waals surface area contributed by atoms with Crippen LogP contribution < -0.4 is 15.8 Å². The molecule has 2 aromatic carbocycles. The van der Waals surface area contributed by atoms with E-state index in [0.29, 0.717) is 0 Å². The van der Waals surface area contributed by atoms with Crippen molar-refractivity contribution in [1.29, 1.82) is 0 Å². The molecule has 0 aromatic heterocycles. The van der Waals surface area contributed by atoms with E-state index in [2.05, 4.69) is 30.4 Å². The highest BCUT2D eigenvalue weighted by Gasteiger charge is 2.03. The lowest BCUT2D eigenvalue weighted by molar-refractivity contribution is 0.414. The van der Waals surface area contributed by atoms with E-state index in [0.717, 1.165) is 30.9 Å². The van der Waals surface area contributed by atoms with Crippen LogP contribution in [0.4, 0.5) is 5.69 Å². The van der Waals surface area contributed by atoms with Gasteiger partial charge in [-0.3, -0.25) is 0 Å². The molecule has 0 aliphatic heterocycles. The van der Waals surface area contributed by atoms with Crippen LogP contribution in [-0.2, 0) is 19.5 Å². The molecule has 0 aliphatic carbocycles. The maximum Gasteiger partial charge on any atom is 0.118 e. The lowest BCUT2D eigenvalue weighted by atomic mass is 10.0. The van der Waals surface area contributed by atoms with Crippen molar-refractivity contribution in [3.63, 3.8) is 0 Å². The number of nitrogens with two attached hydrogens (primary N) is 1. The van der Waals surface area contributed by atoms with Gasteiger partial charge in [0.05, 0.1) is 7.11 Å². The zero-order valence-electron chi connectivity index (χ0n) is 12.1. The third-order valence-corrected chi connectivity index (χ3v) is 3.47. The molecule has 0 fully saturated rings. The Kier molecular flexibility index (Phi) is 5.02. The van der Waals surface area contributed by atoms with E-state index >= 15 is 0 Å². The van der Waals surface area contributed by atoms with E-state index in [1.165, 1.54) is 16.7 Å². The van der Waals surface area contributed by atoms with Gasteiger partial charge in [-0.05, 0) is 41.3 Å². The Morgan fingerprint density at radius 1 is 1.05 bits per heavy atom. The first-order chi connectivity index (χ1) is 9.74. The van der Waals surface area contributed by atoms with Crippen LogP contribution in [0.1, 0.15) is 23.6 Å². The van der Waals surface area contributed by atoms with Crippen molar-refractivity contribution >= 4 is 5.69 Å². The molecule has 0 heterocycles. The zero-order valence-corrected chi connectivity index (χ0v) is 12.1. The maximum atomic E-state index is 6.01. The van der Waals surface area contributed by atoms with Gasteiger partial charge in [0.25, 0.3) is 0 Å². The SMILES string of the molecule is CCc1c(N)cccc1CNCc1ccc(OC)cc1. The molecule has 3 heteroatoms. The van der Waals surface area contributed by atoms with Gasteiger partial charge in [0.15, 0.2) is 0 Å². The van der Waals surface area contributed by atoms with Gasteiger partial charge < -0.3 is 15.8 Å². The minimum Gasteiger partial charge on any atom is -0.497 e. The molecule has 0 amide bonds. The Balaban J connectivity index is 1.94. The molecule has 3 N–H and O–H groups in total. The number of nitrogens with one attached hydrogen (secondary N) is 1. The molecule has 0 bridgehead atoms. The Bertz CT molecular complexity index is 549. The first kappa shape index (κ1) is 14.4. The largest absolute Gasteiger partial charge is 0.497 e. The number of benzene rings is 2. The van der Waals surface area contributed by atoms with Crippen molar-refractivity contribution in [1.82, 2.24) is 5.32 Å². The van der Waals surface area contributed by atoms with Crippen molar-refractivity contribution in [3.8, 4) is 5.75 Å². The molecule has 0 unspecified atom stereocenters. The fourth-order valence-corrected chi connectivity index (χ4v) is 2.34. The van der Waals surface area contributed by atoms with Gasteiger partial charge in [-0.2, -0.15) is 0 Å². The fraction of sp³-hybridized carbons (Fsp3) is 0.294. The third-order valence-electron chi connectivity index (χ3n) is 3.47. The van der Waals surface area contributed by atoms with E-state index in [1.807, 2.05) is 24.3 Å². The summed E-state index contributed by atoms with van der Waals surface area (Å²) in [5.41, 5.74) is 10.7. The predicted octanol–water partition coefficient (Wildman–Crippen LogP) is 3.13. The molecular weight excluding hydrogens is 248 g/mol. The van der Waals surface area contributed by atoms with Crippen molar-refractivity contribution in [2.45, 2.75) is 26.4 Å². The van der Waals surface area contributed by atoms with Crippen molar-refractivity contribution in [2.75, 3.05) is 12.8 Å². The number of nitrogen functional groups attached to an aromatic ring is 1. The number of anilines is 1. The first-order valence-electron chi connectivity index (χ1n) is 6.94. The summed E-state index contributed by atoms with van der Waals surface area (Å²) in [7, 11) is 1.68. The van der Waals surface area contributed by atoms with E-state index in [4.69, 9.17) is 10.5 Å². The molecule has 0 radical (unpaired) electrons. The quantitative estimate of drug-likeness (QED) is 0.793. The average molecular weight is 270 g/mol. The van der Waals surface area contributed by atoms with Crippen LogP contribution >= 0.6 is 0 Å². The van der Waals surface area contributed by atoms with Gasteiger partial charge in [0.1, 0.15) is 5.75 Å². The fourth-order valence-electron chi connectivity index (χ4n) is 2.34. The van der Waals surface area contributed by atoms with Crippen LogP contribution in [-0.4, -0.2) is 7.11 Å². The van der Waals surface area contributed by atoms with Gasteiger partial charge >= 0.3 is 0 Å². The summed E-state index contributed by atoms with van der Waals surface area (Å²) in [5.74, 6) is 0.887. The third kappa shape index (κ3) is 3.52. The molecule has 0 saturated heterocycles. The van der Waals surface area contributed by atoms with Crippen LogP contribution in [0.2, 0.25) is 0 Å². The molecule has 2 rings (SSSR count). The Labute approximate surface area is 120 Å². The Morgan fingerprint density at radius 2 is 1.80 bits per heavy atom. The molecule has 0 aliphatic rings. The second-order valence-corrected chi connectivity index (χ2v) is 4.79. The lowest BCUT2D eigenvalue weighted by Crippen LogP contribution is -2.14. The number of hydrogen-bond donors (Lipinski definition) is 2. The van der Waals surface area contributed by atoms with Crippen molar-refractivity contribution < 1.29 is 4.74 Å². The van der Waals surface area contributed by atoms with Gasteiger partial charge in [-0.1, -0.05) is 31.2 Å². The number of ether oxygens (including phenoxy) is 1. The maximum absolute atomic E-state index is 6.01. The summed E-state index contributed by atoms with van der Waals surface area (Å²) >= 11 is 0. The molecule has 0 saturated carbocycles.